The van der Waals surface area contributed by atoms with Crippen molar-refractivity contribution in [1.29, 1.82) is 0 Å². The molecule has 6 heteroatoms. The van der Waals surface area contributed by atoms with E-state index in [2.05, 4.69) is 15.6 Å². The summed E-state index contributed by atoms with van der Waals surface area (Å²) in [5.41, 5.74) is 1.56. The predicted molar refractivity (Wildman–Crippen MR) is 96.6 cm³/mol. The Morgan fingerprint density at radius 3 is 2.27 bits per heavy atom. The summed E-state index contributed by atoms with van der Waals surface area (Å²) in [5, 5.41) is 5.76. The lowest BCUT2D eigenvalue weighted by Crippen LogP contribution is -2.35. The van der Waals surface area contributed by atoms with E-state index in [1.54, 1.807) is 24.5 Å². The standard InChI is InChI=1S/C20H22FN3O2/c21-17-7-9-18(10-8-17)24-20(26)16-5-3-15(4-6-16)19(25)23-13-14-2-1-11-22-12-14/h1-2,7-12,15-16H,3-6,13H2,(H,23,25)(H,24,26). The normalized spacial score (nSPS) is 19.6. The van der Waals surface area contributed by atoms with Gasteiger partial charge in [-0.15, -0.1) is 0 Å². The number of benzene rings is 1. The molecule has 1 heterocycles. The van der Waals surface area contributed by atoms with E-state index in [9.17, 15) is 14.0 Å². The molecule has 1 fully saturated rings. The second-order valence-corrected chi connectivity index (χ2v) is 6.62. The van der Waals surface area contributed by atoms with Gasteiger partial charge in [-0.1, -0.05) is 6.07 Å². The Balaban J connectivity index is 1.43. The molecule has 1 aliphatic carbocycles. The summed E-state index contributed by atoms with van der Waals surface area (Å²) in [6, 6.07) is 9.49. The molecule has 2 aromatic rings. The number of aromatic nitrogens is 1. The van der Waals surface area contributed by atoms with Crippen molar-refractivity contribution in [2.75, 3.05) is 5.32 Å². The first-order valence-corrected chi connectivity index (χ1v) is 8.85. The summed E-state index contributed by atoms with van der Waals surface area (Å²) >= 11 is 0. The van der Waals surface area contributed by atoms with Crippen LogP contribution in [0.1, 0.15) is 31.2 Å². The Morgan fingerprint density at radius 2 is 1.65 bits per heavy atom. The largest absolute Gasteiger partial charge is 0.352 e. The zero-order valence-corrected chi connectivity index (χ0v) is 14.5. The van der Waals surface area contributed by atoms with E-state index < -0.39 is 0 Å². The second-order valence-electron chi connectivity index (χ2n) is 6.62. The van der Waals surface area contributed by atoms with Crippen LogP contribution in [0.25, 0.3) is 0 Å². The number of pyridine rings is 1. The molecule has 0 aliphatic heterocycles. The summed E-state index contributed by atoms with van der Waals surface area (Å²) in [6.07, 6.45) is 6.18. The van der Waals surface area contributed by atoms with Gasteiger partial charge in [-0.3, -0.25) is 14.6 Å². The number of anilines is 1. The van der Waals surface area contributed by atoms with Gasteiger partial charge in [0.25, 0.3) is 0 Å². The van der Waals surface area contributed by atoms with E-state index in [4.69, 9.17) is 0 Å². The summed E-state index contributed by atoms with van der Waals surface area (Å²) < 4.78 is 12.9. The fraction of sp³-hybridized carbons (Fsp3) is 0.350. The van der Waals surface area contributed by atoms with Gasteiger partial charge in [0.05, 0.1) is 0 Å². The van der Waals surface area contributed by atoms with Gasteiger partial charge in [0.15, 0.2) is 0 Å². The molecule has 0 unspecified atom stereocenters. The maximum atomic E-state index is 12.9. The maximum absolute atomic E-state index is 12.9. The number of carbonyl (C=O) groups excluding carboxylic acids is 2. The first-order chi connectivity index (χ1) is 12.6. The van der Waals surface area contributed by atoms with Crippen LogP contribution in [0.4, 0.5) is 10.1 Å². The Hall–Kier alpha value is -2.76. The molecule has 0 bridgehead atoms. The highest BCUT2D eigenvalue weighted by atomic mass is 19.1. The highest BCUT2D eigenvalue weighted by Gasteiger charge is 2.29. The van der Waals surface area contributed by atoms with E-state index >= 15 is 0 Å². The zero-order chi connectivity index (χ0) is 18.4. The number of carbonyl (C=O) groups is 2. The number of hydrogen-bond donors (Lipinski definition) is 2. The molecule has 1 aliphatic rings. The lowest BCUT2D eigenvalue weighted by atomic mass is 9.81. The molecule has 0 atom stereocenters. The van der Waals surface area contributed by atoms with Gasteiger partial charge in [0.1, 0.15) is 5.82 Å². The van der Waals surface area contributed by atoms with Crippen molar-refractivity contribution >= 4 is 17.5 Å². The van der Waals surface area contributed by atoms with Gasteiger partial charge in [-0.25, -0.2) is 4.39 Å². The first-order valence-electron chi connectivity index (χ1n) is 8.85. The summed E-state index contributed by atoms with van der Waals surface area (Å²) in [6.45, 7) is 0.470. The van der Waals surface area contributed by atoms with Crippen molar-refractivity contribution in [2.24, 2.45) is 11.8 Å². The number of nitrogens with one attached hydrogen (secondary N) is 2. The van der Waals surface area contributed by atoms with Crippen molar-refractivity contribution < 1.29 is 14.0 Å². The number of nitrogens with zero attached hydrogens (tertiary/aromatic N) is 1. The molecular weight excluding hydrogens is 333 g/mol. The number of amides is 2. The zero-order valence-electron chi connectivity index (χ0n) is 14.5. The van der Waals surface area contributed by atoms with Gasteiger partial charge < -0.3 is 10.6 Å². The van der Waals surface area contributed by atoms with E-state index in [1.165, 1.54) is 12.1 Å². The van der Waals surface area contributed by atoms with Crippen LogP contribution in [0.3, 0.4) is 0 Å². The molecule has 5 nitrogen and oxygen atoms in total. The van der Waals surface area contributed by atoms with Crippen LogP contribution in [0, 0.1) is 17.7 Å². The Labute approximate surface area is 152 Å². The Kier molecular flexibility index (Phi) is 5.94. The van der Waals surface area contributed by atoms with E-state index in [-0.39, 0.29) is 29.5 Å². The fourth-order valence-corrected chi connectivity index (χ4v) is 3.23. The predicted octanol–water partition coefficient (Wildman–Crippen LogP) is 3.28. The number of hydrogen-bond acceptors (Lipinski definition) is 3. The average Bonchev–Trinajstić information content (AvgIpc) is 2.69. The third-order valence-electron chi connectivity index (χ3n) is 4.77. The molecule has 0 spiro atoms. The van der Waals surface area contributed by atoms with Crippen molar-refractivity contribution in [1.82, 2.24) is 10.3 Å². The summed E-state index contributed by atoms with van der Waals surface area (Å²) in [4.78, 5) is 28.7. The molecular formula is C20H22FN3O2. The van der Waals surface area contributed by atoms with Gasteiger partial charge in [-0.2, -0.15) is 0 Å². The minimum Gasteiger partial charge on any atom is -0.352 e. The third-order valence-corrected chi connectivity index (χ3v) is 4.77. The fourth-order valence-electron chi connectivity index (χ4n) is 3.23. The molecule has 2 N–H and O–H groups in total. The molecule has 1 saturated carbocycles. The van der Waals surface area contributed by atoms with Gasteiger partial charge >= 0.3 is 0 Å². The van der Waals surface area contributed by atoms with E-state index in [0.717, 1.165) is 5.56 Å². The van der Waals surface area contributed by atoms with E-state index in [0.29, 0.717) is 37.9 Å². The van der Waals surface area contributed by atoms with Crippen LogP contribution >= 0.6 is 0 Å². The minimum absolute atomic E-state index is 0.0336. The van der Waals surface area contributed by atoms with Crippen molar-refractivity contribution in [3.05, 3.63) is 60.2 Å². The number of rotatable bonds is 5. The summed E-state index contributed by atoms with van der Waals surface area (Å²) in [5.74, 6) is -0.526. The molecule has 26 heavy (non-hydrogen) atoms. The van der Waals surface area contributed by atoms with Crippen LogP contribution in [0.5, 0.6) is 0 Å². The highest BCUT2D eigenvalue weighted by molar-refractivity contribution is 5.92. The van der Waals surface area contributed by atoms with Crippen LogP contribution in [0.15, 0.2) is 48.8 Å². The van der Waals surface area contributed by atoms with Crippen LogP contribution in [-0.4, -0.2) is 16.8 Å². The SMILES string of the molecule is O=C(NCc1cccnc1)C1CCC(C(=O)Nc2ccc(F)cc2)CC1. The number of halogens is 1. The first kappa shape index (κ1) is 18.0. The lowest BCUT2D eigenvalue weighted by molar-refractivity contribution is -0.128. The average molecular weight is 355 g/mol. The minimum atomic E-state index is -0.333. The lowest BCUT2D eigenvalue weighted by Gasteiger charge is -2.27. The monoisotopic (exact) mass is 355 g/mol. The Bertz CT molecular complexity index is 741. The molecule has 0 saturated heterocycles. The van der Waals surface area contributed by atoms with Crippen LogP contribution in [0.2, 0.25) is 0 Å². The maximum Gasteiger partial charge on any atom is 0.227 e. The van der Waals surface area contributed by atoms with Crippen molar-refractivity contribution in [3.63, 3.8) is 0 Å². The van der Waals surface area contributed by atoms with Crippen LogP contribution < -0.4 is 10.6 Å². The molecule has 0 radical (unpaired) electrons. The van der Waals surface area contributed by atoms with Crippen molar-refractivity contribution in [2.45, 2.75) is 32.2 Å². The Morgan fingerprint density at radius 1 is 1.00 bits per heavy atom. The topological polar surface area (TPSA) is 71.1 Å². The van der Waals surface area contributed by atoms with Crippen molar-refractivity contribution in [3.8, 4) is 0 Å². The molecule has 2 amide bonds. The van der Waals surface area contributed by atoms with Gasteiger partial charge in [0, 0.05) is 36.5 Å². The third kappa shape index (κ3) is 4.88. The molecule has 1 aromatic heterocycles. The molecule has 3 rings (SSSR count). The summed E-state index contributed by atoms with van der Waals surface area (Å²) in [7, 11) is 0. The highest BCUT2D eigenvalue weighted by Crippen LogP contribution is 2.30. The quantitative estimate of drug-likeness (QED) is 0.865. The van der Waals surface area contributed by atoms with Gasteiger partial charge in [0.2, 0.25) is 11.8 Å². The second kappa shape index (κ2) is 8.56. The molecule has 136 valence electrons. The molecule has 1 aromatic carbocycles. The van der Waals surface area contributed by atoms with Crippen LogP contribution in [-0.2, 0) is 16.1 Å². The van der Waals surface area contributed by atoms with Gasteiger partial charge in [-0.05, 0) is 61.6 Å². The smallest absolute Gasteiger partial charge is 0.227 e. The van der Waals surface area contributed by atoms with E-state index in [1.807, 2.05) is 12.1 Å².